The minimum atomic E-state index is 0.166. The normalized spacial score (nSPS) is 13.1. The molecule has 1 saturated carbocycles. The summed E-state index contributed by atoms with van der Waals surface area (Å²) in [4.78, 5) is 8.15. The van der Waals surface area contributed by atoms with Crippen LogP contribution < -0.4 is 25.7 Å². The largest absolute Gasteiger partial charge is 0.497 e. The van der Waals surface area contributed by atoms with Gasteiger partial charge >= 0.3 is 0 Å². The van der Waals surface area contributed by atoms with Crippen LogP contribution in [0.25, 0.3) is 11.1 Å². The predicted octanol–water partition coefficient (Wildman–Crippen LogP) is 4.09. The Labute approximate surface area is 182 Å². The Bertz CT molecular complexity index is 1050. The van der Waals surface area contributed by atoms with Crippen LogP contribution in [0.4, 0.5) is 11.8 Å². The molecule has 0 atom stereocenters. The third-order valence-corrected chi connectivity index (χ3v) is 5.29. The topological polar surface area (TPSA) is 106 Å². The molecule has 1 fully saturated rings. The summed E-state index contributed by atoms with van der Waals surface area (Å²) in [7, 11) is 1.66. The maximum atomic E-state index is 6.29. The van der Waals surface area contributed by atoms with Crippen molar-refractivity contribution in [3.63, 3.8) is 0 Å². The Hall–Kier alpha value is -3.48. The van der Waals surface area contributed by atoms with Crippen molar-refractivity contribution in [2.45, 2.75) is 26.2 Å². The van der Waals surface area contributed by atoms with Crippen molar-refractivity contribution in [1.82, 2.24) is 9.97 Å². The summed E-state index contributed by atoms with van der Waals surface area (Å²) in [5.41, 5.74) is 15.5. The molecular weight excluding hydrogens is 392 g/mol. The molecule has 0 spiro atoms. The van der Waals surface area contributed by atoms with E-state index >= 15 is 0 Å². The Morgan fingerprint density at radius 2 is 1.74 bits per heavy atom. The Balaban J connectivity index is 1.75. The Morgan fingerprint density at radius 1 is 1.03 bits per heavy atom. The number of hydrogen-bond acceptors (Lipinski definition) is 7. The van der Waals surface area contributed by atoms with Gasteiger partial charge in [-0.3, -0.25) is 0 Å². The lowest BCUT2D eigenvalue weighted by atomic mass is 9.98. The van der Waals surface area contributed by atoms with Crippen LogP contribution in [0, 0.1) is 5.92 Å². The van der Waals surface area contributed by atoms with E-state index in [0.29, 0.717) is 31.4 Å². The number of nitrogens with zero attached hydrogens (tertiary/aromatic N) is 2. The van der Waals surface area contributed by atoms with Crippen LogP contribution in [0.5, 0.6) is 17.2 Å². The molecule has 1 aliphatic rings. The lowest BCUT2D eigenvalue weighted by molar-refractivity contribution is 0.296. The van der Waals surface area contributed by atoms with Gasteiger partial charge in [-0.2, -0.15) is 4.98 Å². The van der Waals surface area contributed by atoms with Gasteiger partial charge in [0.25, 0.3) is 0 Å². The van der Waals surface area contributed by atoms with Crippen LogP contribution in [-0.2, 0) is 6.42 Å². The van der Waals surface area contributed by atoms with Gasteiger partial charge in [-0.1, -0.05) is 12.1 Å². The molecule has 0 amide bonds. The van der Waals surface area contributed by atoms with Crippen molar-refractivity contribution in [3.05, 3.63) is 53.7 Å². The molecule has 0 unspecified atom stereocenters. The van der Waals surface area contributed by atoms with Crippen LogP contribution >= 0.6 is 0 Å². The molecule has 2 aromatic carbocycles. The molecule has 0 radical (unpaired) electrons. The number of benzene rings is 2. The fourth-order valence-electron chi connectivity index (χ4n) is 3.45. The minimum absolute atomic E-state index is 0.166. The van der Waals surface area contributed by atoms with Gasteiger partial charge in [-0.05, 0) is 61.1 Å². The lowest BCUT2D eigenvalue weighted by Crippen LogP contribution is -2.06. The van der Waals surface area contributed by atoms with E-state index in [9.17, 15) is 0 Å². The zero-order valence-electron chi connectivity index (χ0n) is 17.9. The highest BCUT2D eigenvalue weighted by molar-refractivity contribution is 5.78. The molecule has 0 aliphatic heterocycles. The average Bonchev–Trinajstić information content (AvgIpc) is 3.59. The van der Waals surface area contributed by atoms with E-state index in [1.807, 2.05) is 37.3 Å². The summed E-state index contributed by atoms with van der Waals surface area (Å²) >= 11 is 0. The van der Waals surface area contributed by atoms with Gasteiger partial charge in [-0.15, -0.1) is 0 Å². The van der Waals surface area contributed by atoms with Gasteiger partial charge in [0.05, 0.1) is 25.9 Å². The van der Waals surface area contributed by atoms with E-state index in [1.165, 1.54) is 12.8 Å². The van der Waals surface area contributed by atoms with E-state index < -0.39 is 0 Å². The van der Waals surface area contributed by atoms with E-state index in [-0.39, 0.29) is 5.95 Å². The van der Waals surface area contributed by atoms with Gasteiger partial charge < -0.3 is 25.7 Å². The highest BCUT2D eigenvalue weighted by atomic mass is 16.5. The summed E-state index contributed by atoms with van der Waals surface area (Å²) in [6.07, 6.45) is 4.65. The highest BCUT2D eigenvalue weighted by Crippen LogP contribution is 2.42. The molecule has 3 aromatic rings. The average molecular weight is 421 g/mol. The molecule has 7 nitrogen and oxygen atoms in total. The number of hydrogen-bond donors (Lipinski definition) is 2. The molecular formula is C24H28N4O3. The number of rotatable bonds is 9. The number of anilines is 2. The molecule has 4 N–H and O–H groups in total. The first-order valence-corrected chi connectivity index (χ1v) is 10.5. The molecule has 1 aliphatic carbocycles. The second-order valence-corrected chi connectivity index (χ2v) is 7.70. The third kappa shape index (κ3) is 4.99. The van der Waals surface area contributed by atoms with Gasteiger partial charge in [-0.25, -0.2) is 4.98 Å². The summed E-state index contributed by atoms with van der Waals surface area (Å²) in [6, 6.07) is 12.0. The number of ether oxygens (including phenoxy) is 3. The second kappa shape index (κ2) is 9.12. The first-order chi connectivity index (χ1) is 15.1. The number of aromatic nitrogens is 2. The van der Waals surface area contributed by atoms with Gasteiger partial charge in [0.1, 0.15) is 23.1 Å². The van der Waals surface area contributed by atoms with Crippen LogP contribution in [0.3, 0.4) is 0 Å². The molecule has 1 aromatic heterocycles. The van der Waals surface area contributed by atoms with Crippen LogP contribution in [-0.4, -0.2) is 30.3 Å². The van der Waals surface area contributed by atoms with Crippen molar-refractivity contribution in [3.8, 4) is 28.4 Å². The van der Waals surface area contributed by atoms with Crippen LogP contribution in [0.2, 0.25) is 0 Å². The van der Waals surface area contributed by atoms with E-state index in [4.69, 9.17) is 25.7 Å². The first-order valence-electron chi connectivity index (χ1n) is 10.5. The molecule has 31 heavy (non-hydrogen) atoms. The fourth-order valence-corrected chi connectivity index (χ4v) is 3.45. The molecule has 0 bridgehead atoms. The van der Waals surface area contributed by atoms with Gasteiger partial charge in [0.15, 0.2) is 0 Å². The predicted molar refractivity (Wildman–Crippen MR) is 121 cm³/mol. The third-order valence-electron chi connectivity index (χ3n) is 5.29. The maximum Gasteiger partial charge on any atom is 0.221 e. The summed E-state index contributed by atoms with van der Waals surface area (Å²) < 4.78 is 17.6. The monoisotopic (exact) mass is 420 g/mol. The molecule has 7 heteroatoms. The number of nitrogen functional groups attached to an aromatic ring is 2. The summed E-state index contributed by atoms with van der Waals surface area (Å²) in [5, 5.41) is 0. The first kappa shape index (κ1) is 20.8. The van der Waals surface area contributed by atoms with Crippen LogP contribution in [0.15, 0.2) is 42.6 Å². The maximum absolute atomic E-state index is 6.29. The molecule has 4 rings (SSSR count). The zero-order valence-corrected chi connectivity index (χ0v) is 17.9. The molecule has 0 saturated heterocycles. The Morgan fingerprint density at radius 3 is 2.35 bits per heavy atom. The van der Waals surface area contributed by atoms with Crippen molar-refractivity contribution in [2.24, 2.45) is 5.92 Å². The lowest BCUT2D eigenvalue weighted by Gasteiger charge is -2.19. The Kier molecular flexibility index (Phi) is 6.11. The fraction of sp³-hybridized carbons (Fsp3) is 0.333. The van der Waals surface area contributed by atoms with Gasteiger partial charge in [0.2, 0.25) is 5.95 Å². The van der Waals surface area contributed by atoms with Crippen molar-refractivity contribution in [2.75, 3.05) is 31.8 Å². The van der Waals surface area contributed by atoms with Crippen molar-refractivity contribution in [1.29, 1.82) is 0 Å². The minimum Gasteiger partial charge on any atom is -0.497 e. The van der Waals surface area contributed by atoms with E-state index in [0.717, 1.165) is 39.5 Å². The standard InChI is InChI=1S/C24H28N4O3/c1-3-30-20-11-16(10-18-13-27-24(26)28-23(18)25)12-21(31-14-15-4-5-15)22(20)17-6-8-19(29-2)9-7-17/h6-9,11-13,15H,3-5,10,14H2,1-2H3,(H4,25,26,27,28). The number of methoxy groups -OCH3 is 1. The van der Waals surface area contributed by atoms with Crippen LogP contribution in [0.1, 0.15) is 30.9 Å². The smallest absolute Gasteiger partial charge is 0.221 e. The van der Waals surface area contributed by atoms with E-state index in [2.05, 4.69) is 16.0 Å². The summed E-state index contributed by atoms with van der Waals surface area (Å²) in [6.45, 7) is 3.22. The quantitative estimate of drug-likeness (QED) is 0.537. The molecule has 1 heterocycles. The van der Waals surface area contributed by atoms with E-state index in [1.54, 1.807) is 13.3 Å². The number of nitrogens with two attached hydrogens (primary N) is 2. The highest BCUT2D eigenvalue weighted by Gasteiger charge is 2.24. The van der Waals surface area contributed by atoms with Crippen molar-refractivity contribution >= 4 is 11.8 Å². The summed E-state index contributed by atoms with van der Waals surface area (Å²) in [5.74, 6) is 3.55. The SMILES string of the molecule is CCOc1cc(Cc2cnc(N)nc2N)cc(OCC2CC2)c1-c1ccc(OC)cc1. The molecule has 162 valence electrons. The van der Waals surface area contributed by atoms with Crippen molar-refractivity contribution < 1.29 is 14.2 Å². The second-order valence-electron chi connectivity index (χ2n) is 7.70. The van der Waals surface area contributed by atoms with Gasteiger partial charge in [0, 0.05) is 18.2 Å². The zero-order chi connectivity index (χ0) is 21.8.